The average molecular weight is 399 g/mol. The number of aromatic nitrogens is 2. The number of fused-ring (bicyclic) bond motifs is 4. The largest absolute Gasteiger partial charge is 0.493 e. The molecule has 27 heavy (non-hydrogen) atoms. The standard InChI is InChI=1S/C20H18N2O3S2/c1-22-19(24)17-13-3-2-4-16(13)27-18(17)21-20(22)26-10-14(23)11-5-6-15-12(9-11)7-8-25-15/h5-6,9H,2-4,7-8,10H2,1H3. The molecule has 7 heteroatoms. The van der Waals surface area contributed by atoms with E-state index < -0.39 is 0 Å². The second-order valence-electron chi connectivity index (χ2n) is 6.93. The lowest BCUT2D eigenvalue weighted by molar-refractivity contribution is 0.102. The third kappa shape index (κ3) is 2.80. The lowest BCUT2D eigenvalue weighted by Crippen LogP contribution is -2.20. The summed E-state index contributed by atoms with van der Waals surface area (Å²) < 4.78 is 7.08. The topological polar surface area (TPSA) is 61.2 Å². The Hall–Kier alpha value is -2.12. The van der Waals surface area contributed by atoms with E-state index in [4.69, 9.17) is 9.72 Å². The van der Waals surface area contributed by atoms with Crippen molar-refractivity contribution in [3.63, 3.8) is 0 Å². The maximum Gasteiger partial charge on any atom is 0.262 e. The Balaban J connectivity index is 1.41. The van der Waals surface area contributed by atoms with E-state index in [1.165, 1.54) is 22.2 Å². The Bertz CT molecular complexity index is 1150. The molecule has 138 valence electrons. The number of ether oxygens (including phenoxy) is 1. The molecular weight excluding hydrogens is 380 g/mol. The maximum absolute atomic E-state index is 12.8. The second kappa shape index (κ2) is 6.49. The summed E-state index contributed by atoms with van der Waals surface area (Å²) in [7, 11) is 1.74. The fraction of sp³-hybridized carbons (Fsp3) is 0.350. The van der Waals surface area contributed by atoms with Crippen LogP contribution in [0.5, 0.6) is 5.75 Å². The highest BCUT2D eigenvalue weighted by Gasteiger charge is 2.23. The van der Waals surface area contributed by atoms with Gasteiger partial charge in [-0.2, -0.15) is 0 Å². The van der Waals surface area contributed by atoms with Gasteiger partial charge in [0.25, 0.3) is 5.56 Å². The van der Waals surface area contributed by atoms with Crippen molar-refractivity contribution in [1.29, 1.82) is 0 Å². The fourth-order valence-corrected chi connectivity index (χ4v) is 5.98. The third-order valence-corrected chi connectivity index (χ3v) is 7.46. The third-order valence-electron chi connectivity index (χ3n) is 5.25. The number of nitrogens with zero attached hydrogens (tertiary/aromatic N) is 2. The van der Waals surface area contributed by atoms with Crippen LogP contribution >= 0.6 is 23.1 Å². The average Bonchev–Trinajstić information content (AvgIpc) is 3.37. The molecule has 0 fully saturated rings. The molecule has 3 aromatic rings. The van der Waals surface area contributed by atoms with Crippen molar-refractivity contribution in [3.8, 4) is 5.75 Å². The van der Waals surface area contributed by atoms with Gasteiger partial charge in [0.2, 0.25) is 0 Å². The summed E-state index contributed by atoms with van der Waals surface area (Å²) in [5, 5.41) is 1.38. The Labute approximate surface area is 164 Å². The van der Waals surface area contributed by atoms with Crippen LogP contribution in [0.4, 0.5) is 0 Å². The van der Waals surface area contributed by atoms with Crippen molar-refractivity contribution in [2.75, 3.05) is 12.4 Å². The number of thiophene rings is 1. The quantitative estimate of drug-likeness (QED) is 0.383. The van der Waals surface area contributed by atoms with E-state index in [2.05, 4.69) is 0 Å². The normalized spacial score (nSPS) is 15.0. The van der Waals surface area contributed by atoms with Crippen LogP contribution in [0, 0.1) is 0 Å². The lowest BCUT2D eigenvalue weighted by Gasteiger charge is -2.08. The summed E-state index contributed by atoms with van der Waals surface area (Å²) in [4.78, 5) is 32.3. The summed E-state index contributed by atoms with van der Waals surface area (Å²) in [5.41, 5.74) is 2.97. The van der Waals surface area contributed by atoms with Crippen molar-refractivity contribution < 1.29 is 9.53 Å². The van der Waals surface area contributed by atoms with E-state index in [1.54, 1.807) is 23.0 Å². The van der Waals surface area contributed by atoms with Crippen LogP contribution in [0.25, 0.3) is 10.2 Å². The van der Waals surface area contributed by atoms with Gasteiger partial charge in [-0.25, -0.2) is 4.98 Å². The van der Waals surface area contributed by atoms with E-state index in [1.807, 2.05) is 18.2 Å². The number of aryl methyl sites for hydroxylation is 2. The smallest absolute Gasteiger partial charge is 0.262 e. The van der Waals surface area contributed by atoms with Crippen molar-refractivity contribution in [3.05, 3.63) is 50.1 Å². The number of carbonyl (C=O) groups is 1. The van der Waals surface area contributed by atoms with Gasteiger partial charge in [0.15, 0.2) is 10.9 Å². The molecule has 1 aliphatic carbocycles. The SMILES string of the molecule is Cn1c(SCC(=O)c2ccc3c(c2)CCO3)nc2sc3c(c2c1=O)CCC3. The van der Waals surface area contributed by atoms with Gasteiger partial charge in [-0.05, 0) is 48.6 Å². The maximum atomic E-state index is 12.8. The Morgan fingerprint density at radius 1 is 1.33 bits per heavy atom. The van der Waals surface area contributed by atoms with Crippen molar-refractivity contribution in [2.24, 2.45) is 7.05 Å². The summed E-state index contributed by atoms with van der Waals surface area (Å²) >= 11 is 2.96. The van der Waals surface area contributed by atoms with Crippen LogP contribution in [0.3, 0.4) is 0 Å². The molecule has 0 bridgehead atoms. The predicted molar refractivity (Wildman–Crippen MR) is 108 cm³/mol. The number of rotatable bonds is 4. The van der Waals surface area contributed by atoms with Crippen LogP contribution < -0.4 is 10.3 Å². The first-order valence-corrected chi connectivity index (χ1v) is 10.8. The molecule has 0 saturated carbocycles. The summed E-state index contributed by atoms with van der Waals surface area (Å²) in [5.74, 6) is 1.17. The predicted octanol–water partition coefficient (Wildman–Crippen LogP) is 3.39. The zero-order chi connectivity index (χ0) is 18.5. The van der Waals surface area contributed by atoms with E-state index in [0.717, 1.165) is 47.2 Å². The summed E-state index contributed by atoms with van der Waals surface area (Å²) in [6, 6.07) is 5.60. The molecule has 1 aromatic carbocycles. The van der Waals surface area contributed by atoms with Crippen molar-refractivity contribution in [1.82, 2.24) is 9.55 Å². The van der Waals surface area contributed by atoms with Gasteiger partial charge >= 0.3 is 0 Å². The van der Waals surface area contributed by atoms with Crippen LogP contribution in [0.2, 0.25) is 0 Å². The van der Waals surface area contributed by atoms with Crippen molar-refractivity contribution >= 4 is 39.1 Å². The molecular formula is C20H18N2O3S2. The summed E-state index contributed by atoms with van der Waals surface area (Å²) in [6.07, 6.45) is 3.98. The van der Waals surface area contributed by atoms with Crippen LogP contribution in [-0.2, 0) is 26.3 Å². The molecule has 5 rings (SSSR count). The number of carbonyl (C=O) groups excluding carboxylic acids is 1. The summed E-state index contributed by atoms with van der Waals surface area (Å²) in [6.45, 7) is 0.679. The number of hydrogen-bond donors (Lipinski definition) is 0. The second-order valence-corrected chi connectivity index (χ2v) is 8.95. The minimum Gasteiger partial charge on any atom is -0.493 e. The first kappa shape index (κ1) is 17.0. The van der Waals surface area contributed by atoms with Crippen LogP contribution in [0.15, 0.2) is 28.2 Å². The fourth-order valence-electron chi connectivity index (χ4n) is 3.81. The first-order chi connectivity index (χ1) is 13.1. The van der Waals surface area contributed by atoms with Gasteiger partial charge in [-0.15, -0.1) is 11.3 Å². The number of Topliss-reactive ketones (excluding diaryl/α,β-unsaturated/α-hetero) is 1. The molecule has 0 N–H and O–H groups in total. The molecule has 0 amide bonds. The Morgan fingerprint density at radius 3 is 3.11 bits per heavy atom. The zero-order valence-corrected chi connectivity index (χ0v) is 16.5. The van der Waals surface area contributed by atoms with Crippen molar-refractivity contribution in [2.45, 2.75) is 30.8 Å². The minimum absolute atomic E-state index is 0.00373. The number of thioether (sulfide) groups is 1. The molecule has 2 aliphatic rings. The van der Waals surface area contributed by atoms with Gasteiger partial charge in [0.1, 0.15) is 10.6 Å². The van der Waals surface area contributed by atoms with E-state index in [-0.39, 0.29) is 17.1 Å². The highest BCUT2D eigenvalue weighted by atomic mass is 32.2. The van der Waals surface area contributed by atoms with Crippen LogP contribution in [0.1, 0.15) is 32.8 Å². The first-order valence-electron chi connectivity index (χ1n) is 9.05. The van der Waals surface area contributed by atoms with Gasteiger partial charge in [-0.3, -0.25) is 14.2 Å². The van der Waals surface area contributed by atoms with Gasteiger partial charge < -0.3 is 4.74 Å². The number of hydrogen-bond acceptors (Lipinski definition) is 6. The molecule has 2 aromatic heterocycles. The van der Waals surface area contributed by atoms with Gasteiger partial charge in [0.05, 0.1) is 17.7 Å². The van der Waals surface area contributed by atoms with E-state index in [9.17, 15) is 9.59 Å². The van der Waals surface area contributed by atoms with Gasteiger partial charge in [-0.1, -0.05) is 11.8 Å². The molecule has 0 atom stereocenters. The number of ketones is 1. The monoisotopic (exact) mass is 398 g/mol. The molecule has 0 spiro atoms. The highest BCUT2D eigenvalue weighted by molar-refractivity contribution is 7.99. The molecule has 1 aliphatic heterocycles. The molecule has 0 saturated heterocycles. The minimum atomic E-state index is 0.00373. The molecule has 5 nitrogen and oxygen atoms in total. The van der Waals surface area contributed by atoms with E-state index in [0.29, 0.717) is 17.3 Å². The van der Waals surface area contributed by atoms with E-state index >= 15 is 0 Å². The lowest BCUT2D eigenvalue weighted by atomic mass is 10.1. The van der Waals surface area contributed by atoms with Crippen LogP contribution in [-0.4, -0.2) is 27.7 Å². The Kier molecular flexibility index (Phi) is 4.09. The van der Waals surface area contributed by atoms with Gasteiger partial charge in [0, 0.05) is 23.9 Å². The Morgan fingerprint density at radius 2 is 2.22 bits per heavy atom. The molecule has 3 heterocycles. The zero-order valence-electron chi connectivity index (χ0n) is 14.9. The number of benzene rings is 1. The molecule has 0 radical (unpaired) electrons. The molecule has 0 unspecified atom stereocenters. The highest BCUT2D eigenvalue weighted by Crippen LogP contribution is 2.35.